The molecule has 0 bridgehead atoms. The monoisotopic (exact) mass is 269 g/mol. The Labute approximate surface area is 107 Å². The van der Waals surface area contributed by atoms with Gasteiger partial charge < -0.3 is 5.32 Å². The van der Waals surface area contributed by atoms with Crippen molar-refractivity contribution in [2.24, 2.45) is 0 Å². The maximum absolute atomic E-state index is 13.0. The number of hydrogen-bond donors (Lipinski definition) is 1. The first-order valence-electron chi connectivity index (χ1n) is 4.92. The fraction of sp³-hybridized carbons (Fsp3) is 0.0833. The fourth-order valence-corrected chi connectivity index (χ4v) is 2.20. The zero-order chi connectivity index (χ0) is 12.3. The Hall–Kier alpha value is -1.39. The summed E-state index contributed by atoms with van der Waals surface area (Å²) >= 11 is 7.37. The number of carbonyl (C=O) groups excluding carboxylic acids is 1. The van der Waals surface area contributed by atoms with Gasteiger partial charge in [0.05, 0.1) is 17.1 Å². The van der Waals surface area contributed by atoms with E-state index in [9.17, 15) is 9.18 Å². The summed E-state index contributed by atoms with van der Waals surface area (Å²) in [6.45, 7) is 0.420. The molecule has 17 heavy (non-hydrogen) atoms. The summed E-state index contributed by atoms with van der Waals surface area (Å²) in [7, 11) is 0. The molecule has 2 aromatic rings. The van der Waals surface area contributed by atoms with Gasteiger partial charge in [-0.15, -0.1) is 11.3 Å². The van der Waals surface area contributed by atoms with Gasteiger partial charge in [-0.2, -0.15) is 0 Å². The van der Waals surface area contributed by atoms with Crippen LogP contribution >= 0.6 is 22.9 Å². The molecule has 1 aromatic carbocycles. The van der Waals surface area contributed by atoms with Crippen LogP contribution in [0.5, 0.6) is 0 Å². The van der Waals surface area contributed by atoms with Crippen LogP contribution in [0.25, 0.3) is 0 Å². The lowest BCUT2D eigenvalue weighted by Gasteiger charge is -2.05. The molecule has 1 N–H and O–H groups in total. The number of halogens is 2. The molecule has 1 heterocycles. The van der Waals surface area contributed by atoms with Crippen LogP contribution in [-0.4, -0.2) is 5.91 Å². The fourth-order valence-electron chi connectivity index (χ4n) is 1.35. The highest BCUT2D eigenvalue weighted by molar-refractivity contribution is 7.09. The Morgan fingerprint density at radius 3 is 2.94 bits per heavy atom. The van der Waals surface area contributed by atoms with Crippen molar-refractivity contribution in [1.29, 1.82) is 0 Å². The highest BCUT2D eigenvalue weighted by Crippen LogP contribution is 2.17. The Morgan fingerprint density at radius 2 is 2.24 bits per heavy atom. The van der Waals surface area contributed by atoms with Gasteiger partial charge >= 0.3 is 0 Å². The molecule has 5 heteroatoms. The minimum absolute atomic E-state index is 0.156. The van der Waals surface area contributed by atoms with Crippen LogP contribution in [0.15, 0.2) is 35.7 Å². The second kappa shape index (κ2) is 5.29. The summed E-state index contributed by atoms with van der Waals surface area (Å²) in [5, 5.41) is 4.86. The molecular formula is C12H9ClFNOS. The Morgan fingerprint density at radius 1 is 1.41 bits per heavy atom. The van der Waals surface area contributed by atoms with E-state index in [1.54, 1.807) is 11.3 Å². The van der Waals surface area contributed by atoms with Crippen LogP contribution in [0.4, 0.5) is 4.39 Å². The van der Waals surface area contributed by atoms with E-state index >= 15 is 0 Å². The van der Waals surface area contributed by atoms with Gasteiger partial charge in [-0.1, -0.05) is 17.7 Å². The first-order valence-corrected chi connectivity index (χ1v) is 6.18. The summed E-state index contributed by atoms with van der Waals surface area (Å²) in [6, 6.07) is 7.54. The molecule has 0 radical (unpaired) electrons. The van der Waals surface area contributed by atoms with Gasteiger partial charge in [-0.3, -0.25) is 4.79 Å². The lowest BCUT2D eigenvalue weighted by atomic mass is 10.2. The first-order chi connectivity index (χ1) is 8.16. The van der Waals surface area contributed by atoms with Crippen LogP contribution in [0, 0.1) is 5.82 Å². The molecule has 2 nitrogen and oxygen atoms in total. The van der Waals surface area contributed by atoms with Gasteiger partial charge in [0.25, 0.3) is 5.91 Å². The molecule has 88 valence electrons. The lowest BCUT2D eigenvalue weighted by Crippen LogP contribution is -2.22. The van der Waals surface area contributed by atoms with Crippen molar-refractivity contribution in [3.8, 4) is 0 Å². The number of nitrogens with one attached hydrogen (secondary N) is 1. The quantitative estimate of drug-likeness (QED) is 0.908. The SMILES string of the molecule is O=C(NCc1cccs1)c1cc(F)ccc1Cl. The average Bonchev–Trinajstić information content (AvgIpc) is 2.82. The van der Waals surface area contributed by atoms with Crippen LogP contribution in [0.2, 0.25) is 5.02 Å². The zero-order valence-electron chi connectivity index (χ0n) is 8.74. The summed E-state index contributed by atoms with van der Waals surface area (Å²) in [5.41, 5.74) is 0.156. The number of amides is 1. The van der Waals surface area contributed by atoms with Crippen LogP contribution in [0.3, 0.4) is 0 Å². The highest BCUT2D eigenvalue weighted by Gasteiger charge is 2.11. The van der Waals surface area contributed by atoms with Gasteiger partial charge in [-0.05, 0) is 29.6 Å². The van der Waals surface area contributed by atoms with Gasteiger partial charge in [-0.25, -0.2) is 4.39 Å². The molecule has 0 aliphatic carbocycles. The van der Waals surface area contributed by atoms with Crippen molar-refractivity contribution >= 4 is 28.8 Å². The molecule has 1 aromatic heterocycles. The van der Waals surface area contributed by atoms with Crippen LogP contribution < -0.4 is 5.32 Å². The third-order valence-electron chi connectivity index (χ3n) is 2.18. The first kappa shape index (κ1) is 12.1. The van der Waals surface area contributed by atoms with E-state index in [-0.39, 0.29) is 16.5 Å². The second-order valence-electron chi connectivity index (χ2n) is 3.39. The molecule has 0 spiro atoms. The normalized spacial score (nSPS) is 10.2. The molecule has 2 rings (SSSR count). The third-order valence-corrected chi connectivity index (χ3v) is 3.38. The molecule has 0 saturated carbocycles. The largest absolute Gasteiger partial charge is 0.347 e. The number of thiophene rings is 1. The number of rotatable bonds is 3. The molecular weight excluding hydrogens is 261 g/mol. The van der Waals surface area contributed by atoms with E-state index in [1.165, 1.54) is 12.1 Å². The number of hydrogen-bond acceptors (Lipinski definition) is 2. The molecule has 0 aliphatic rings. The Bertz CT molecular complexity index is 527. The van der Waals surface area contributed by atoms with Crippen molar-refractivity contribution in [3.05, 3.63) is 57.0 Å². The van der Waals surface area contributed by atoms with Crippen molar-refractivity contribution in [3.63, 3.8) is 0 Å². The topological polar surface area (TPSA) is 29.1 Å². The summed E-state index contributed by atoms with van der Waals surface area (Å²) in [5.74, 6) is -0.849. The van der Waals surface area contributed by atoms with Crippen LogP contribution in [-0.2, 0) is 6.54 Å². The van der Waals surface area contributed by atoms with E-state index in [4.69, 9.17) is 11.6 Å². The van der Waals surface area contributed by atoms with Crippen molar-refractivity contribution < 1.29 is 9.18 Å². The van der Waals surface area contributed by atoms with E-state index in [2.05, 4.69) is 5.32 Å². The second-order valence-corrected chi connectivity index (χ2v) is 4.83. The smallest absolute Gasteiger partial charge is 0.253 e. The molecule has 1 amide bonds. The van der Waals surface area contributed by atoms with Gasteiger partial charge in [0, 0.05) is 4.88 Å². The predicted octanol–water partition coefficient (Wildman–Crippen LogP) is 3.47. The van der Waals surface area contributed by atoms with Gasteiger partial charge in [0.2, 0.25) is 0 Å². The summed E-state index contributed by atoms with van der Waals surface area (Å²) in [4.78, 5) is 12.8. The maximum Gasteiger partial charge on any atom is 0.253 e. The van der Waals surface area contributed by atoms with Crippen LogP contribution in [0.1, 0.15) is 15.2 Å². The van der Waals surface area contributed by atoms with E-state index < -0.39 is 5.82 Å². The summed E-state index contributed by atoms with van der Waals surface area (Å²) < 4.78 is 13.0. The molecule has 0 fully saturated rings. The number of benzene rings is 1. The standard InChI is InChI=1S/C12H9ClFNOS/c13-11-4-3-8(14)6-10(11)12(16)15-7-9-2-1-5-17-9/h1-6H,7H2,(H,15,16). The highest BCUT2D eigenvalue weighted by atomic mass is 35.5. The maximum atomic E-state index is 13.0. The van der Waals surface area contributed by atoms with Gasteiger partial charge in [0.1, 0.15) is 5.82 Å². The minimum Gasteiger partial charge on any atom is -0.347 e. The minimum atomic E-state index is -0.476. The third kappa shape index (κ3) is 3.05. The molecule has 0 unspecified atom stereocenters. The lowest BCUT2D eigenvalue weighted by molar-refractivity contribution is 0.0951. The molecule has 0 saturated heterocycles. The van der Waals surface area contributed by atoms with E-state index in [0.29, 0.717) is 6.54 Å². The molecule has 0 aliphatic heterocycles. The Balaban J connectivity index is 2.07. The van der Waals surface area contributed by atoms with Crippen molar-refractivity contribution in [2.45, 2.75) is 6.54 Å². The average molecular weight is 270 g/mol. The van der Waals surface area contributed by atoms with E-state index in [1.807, 2.05) is 17.5 Å². The van der Waals surface area contributed by atoms with Crippen molar-refractivity contribution in [2.75, 3.05) is 0 Å². The Kier molecular flexibility index (Phi) is 3.76. The van der Waals surface area contributed by atoms with Gasteiger partial charge in [0.15, 0.2) is 0 Å². The molecule has 0 atom stereocenters. The van der Waals surface area contributed by atoms with Crippen molar-refractivity contribution in [1.82, 2.24) is 5.32 Å². The summed E-state index contributed by atoms with van der Waals surface area (Å²) in [6.07, 6.45) is 0. The number of carbonyl (C=O) groups is 1. The predicted molar refractivity (Wildman–Crippen MR) is 66.9 cm³/mol. The zero-order valence-corrected chi connectivity index (χ0v) is 10.3. The van der Waals surface area contributed by atoms with E-state index in [0.717, 1.165) is 10.9 Å².